The van der Waals surface area contributed by atoms with E-state index in [4.69, 9.17) is 11.6 Å². The second-order valence-electron chi connectivity index (χ2n) is 3.97. The maximum absolute atomic E-state index is 5.94. The van der Waals surface area contributed by atoms with E-state index in [1.807, 2.05) is 12.1 Å². The van der Waals surface area contributed by atoms with Crippen molar-refractivity contribution in [3.8, 4) is 0 Å². The van der Waals surface area contributed by atoms with Crippen molar-refractivity contribution in [1.82, 2.24) is 19.9 Å². The van der Waals surface area contributed by atoms with E-state index in [9.17, 15) is 0 Å². The van der Waals surface area contributed by atoms with Crippen molar-refractivity contribution in [3.63, 3.8) is 0 Å². The molecule has 0 bridgehead atoms. The molecular weight excluding hydrogens is 280 g/mol. The minimum atomic E-state index is 0.528. The van der Waals surface area contributed by atoms with Crippen molar-refractivity contribution in [3.05, 3.63) is 48.0 Å². The number of nitrogens with zero attached hydrogens (tertiary/aromatic N) is 3. The Balaban J connectivity index is 1.84. The van der Waals surface area contributed by atoms with Crippen LogP contribution in [0.4, 0.5) is 0 Å². The summed E-state index contributed by atoms with van der Waals surface area (Å²) in [5.74, 6) is 1.36. The monoisotopic (exact) mass is 290 g/mol. The van der Waals surface area contributed by atoms with Gasteiger partial charge in [-0.2, -0.15) is 0 Å². The third kappa shape index (κ3) is 2.57. The summed E-state index contributed by atoms with van der Waals surface area (Å²) in [7, 11) is 0. The fourth-order valence-corrected chi connectivity index (χ4v) is 3.08. The molecule has 0 fully saturated rings. The van der Waals surface area contributed by atoms with Gasteiger partial charge in [0.05, 0.1) is 6.33 Å². The van der Waals surface area contributed by atoms with Gasteiger partial charge in [0.15, 0.2) is 5.65 Å². The third-order valence-corrected chi connectivity index (χ3v) is 4.14. The van der Waals surface area contributed by atoms with Crippen LogP contribution in [-0.4, -0.2) is 19.9 Å². The van der Waals surface area contributed by atoms with Crippen LogP contribution in [0.2, 0.25) is 0 Å². The number of rotatable bonds is 4. The van der Waals surface area contributed by atoms with E-state index in [2.05, 4.69) is 32.1 Å². The van der Waals surface area contributed by atoms with Gasteiger partial charge in [-0.3, -0.25) is 0 Å². The number of nitrogens with one attached hydrogen (secondary N) is 1. The van der Waals surface area contributed by atoms with E-state index in [-0.39, 0.29) is 0 Å². The Labute approximate surface area is 119 Å². The summed E-state index contributed by atoms with van der Waals surface area (Å²) in [5, 5.41) is 0.909. The molecule has 4 nitrogen and oxygen atoms in total. The lowest BCUT2D eigenvalue weighted by Crippen LogP contribution is -1.91. The lowest BCUT2D eigenvalue weighted by atomic mass is 10.1. The molecule has 0 radical (unpaired) electrons. The fourth-order valence-electron chi connectivity index (χ4n) is 1.83. The predicted molar refractivity (Wildman–Crippen MR) is 77.2 cm³/mol. The van der Waals surface area contributed by atoms with Crippen LogP contribution in [-0.2, 0) is 11.6 Å². The molecule has 0 aliphatic rings. The van der Waals surface area contributed by atoms with Gasteiger partial charge in [0, 0.05) is 11.6 Å². The van der Waals surface area contributed by atoms with Crippen LogP contribution in [0.5, 0.6) is 0 Å². The first-order valence-electron chi connectivity index (χ1n) is 5.78. The van der Waals surface area contributed by atoms with Gasteiger partial charge in [0.25, 0.3) is 0 Å². The lowest BCUT2D eigenvalue weighted by molar-refractivity contribution is 1.08. The molecule has 0 unspecified atom stereocenters. The molecule has 0 aliphatic carbocycles. The minimum Gasteiger partial charge on any atom is -0.341 e. The second kappa shape index (κ2) is 5.59. The van der Waals surface area contributed by atoms with Gasteiger partial charge in [0.2, 0.25) is 0 Å². The van der Waals surface area contributed by atoms with Crippen molar-refractivity contribution >= 4 is 34.5 Å². The molecule has 0 saturated heterocycles. The van der Waals surface area contributed by atoms with E-state index in [0.717, 1.165) is 21.9 Å². The molecule has 2 heterocycles. The standard InChI is InChI=1S/C13H11ClN4S/c14-5-9-3-1-2-4-10(9)6-19-13-11-12(16-7-15-11)17-8-18-13/h1-4,7-8H,5-6H2,(H,15,16,17,18). The van der Waals surface area contributed by atoms with E-state index in [0.29, 0.717) is 11.5 Å². The van der Waals surface area contributed by atoms with Crippen LogP contribution in [0.15, 0.2) is 41.9 Å². The smallest absolute Gasteiger partial charge is 0.181 e. The number of H-pyrrole nitrogens is 1. The van der Waals surface area contributed by atoms with Crippen molar-refractivity contribution in [2.75, 3.05) is 0 Å². The van der Waals surface area contributed by atoms with Crippen molar-refractivity contribution in [2.45, 2.75) is 16.7 Å². The summed E-state index contributed by atoms with van der Waals surface area (Å²) >= 11 is 7.60. The SMILES string of the molecule is ClCc1ccccc1CSc1ncnc2nc[nH]c12. The van der Waals surface area contributed by atoms with E-state index < -0.39 is 0 Å². The lowest BCUT2D eigenvalue weighted by Gasteiger charge is -2.06. The largest absolute Gasteiger partial charge is 0.341 e. The Hall–Kier alpha value is -1.59. The maximum atomic E-state index is 5.94. The number of hydrogen-bond acceptors (Lipinski definition) is 4. The van der Waals surface area contributed by atoms with Crippen LogP contribution in [0.25, 0.3) is 11.2 Å². The first-order chi connectivity index (χ1) is 9.38. The molecule has 0 amide bonds. The van der Waals surface area contributed by atoms with Crippen LogP contribution < -0.4 is 0 Å². The summed E-state index contributed by atoms with van der Waals surface area (Å²) in [6, 6.07) is 8.17. The van der Waals surface area contributed by atoms with Crippen molar-refractivity contribution in [2.24, 2.45) is 0 Å². The van der Waals surface area contributed by atoms with Crippen LogP contribution >= 0.6 is 23.4 Å². The Morgan fingerprint density at radius 2 is 1.95 bits per heavy atom. The second-order valence-corrected chi connectivity index (χ2v) is 5.20. The first-order valence-corrected chi connectivity index (χ1v) is 7.30. The number of imidazole rings is 1. The highest BCUT2D eigenvalue weighted by molar-refractivity contribution is 7.98. The van der Waals surface area contributed by atoms with E-state index >= 15 is 0 Å². The van der Waals surface area contributed by atoms with Crippen LogP contribution in [0.1, 0.15) is 11.1 Å². The Kier molecular flexibility index (Phi) is 3.66. The van der Waals surface area contributed by atoms with Gasteiger partial charge in [-0.25, -0.2) is 15.0 Å². The van der Waals surface area contributed by atoms with Crippen molar-refractivity contribution < 1.29 is 0 Å². The Bertz CT molecular complexity index is 698. The molecule has 1 aromatic carbocycles. The number of fused-ring (bicyclic) bond motifs is 1. The molecule has 0 saturated carbocycles. The summed E-state index contributed by atoms with van der Waals surface area (Å²) in [6.45, 7) is 0. The molecular formula is C13H11ClN4S. The number of aromatic amines is 1. The summed E-state index contributed by atoms with van der Waals surface area (Å²) < 4.78 is 0. The highest BCUT2D eigenvalue weighted by atomic mass is 35.5. The average molecular weight is 291 g/mol. The Morgan fingerprint density at radius 3 is 2.79 bits per heavy atom. The normalized spacial score (nSPS) is 11.0. The minimum absolute atomic E-state index is 0.528. The molecule has 0 aliphatic heterocycles. The summed E-state index contributed by atoms with van der Waals surface area (Å²) in [6.07, 6.45) is 3.18. The number of thioether (sulfide) groups is 1. The third-order valence-electron chi connectivity index (χ3n) is 2.81. The zero-order chi connectivity index (χ0) is 13.1. The van der Waals surface area contributed by atoms with Crippen molar-refractivity contribution in [1.29, 1.82) is 0 Å². The van der Waals surface area contributed by atoms with Gasteiger partial charge in [-0.15, -0.1) is 11.6 Å². The first kappa shape index (κ1) is 12.4. The van der Waals surface area contributed by atoms with Gasteiger partial charge in [0.1, 0.15) is 16.9 Å². The Morgan fingerprint density at radius 1 is 1.11 bits per heavy atom. The molecule has 6 heteroatoms. The molecule has 0 spiro atoms. The zero-order valence-electron chi connectivity index (χ0n) is 10.0. The summed E-state index contributed by atoms with van der Waals surface area (Å²) in [5.41, 5.74) is 3.97. The van der Waals surface area contributed by atoms with Gasteiger partial charge in [-0.05, 0) is 11.1 Å². The molecule has 2 aromatic heterocycles. The van der Waals surface area contributed by atoms with E-state index in [1.54, 1.807) is 24.4 Å². The molecule has 96 valence electrons. The van der Waals surface area contributed by atoms with Crippen LogP contribution in [0, 0.1) is 0 Å². The predicted octanol–water partition coefficient (Wildman–Crippen LogP) is 3.38. The highest BCUT2D eigenvalue weighted by Gasteiger charge is 2.08. The number of hydrogen-bond donors (Lipinski definition) is 1. The van der Waals surface area contributed by atoms with Crippen LogP contribution in [0.3, 0.4) is 0 Å². The quantitative estimate of drug-likeness (QED) is 0.455. The highest BCUT2D eigenvalue weighted by Crippen LogP contribution is 2.27. The van der Waals surface area contributed by atoms with Gasteiger partial charge >= 0.3 is 0 Å². The van der Waals surface area contributed by atoms with Gasteiger partial charge < -0.3 is 4.98 Å². The zero-order valence-corrected chi connectivity index (χ0v) is 11.6. The topological polar surface area (TPSA) is 54.5 Å². The number of aromatic nitrogens is 4. The van der Waals surface area contributed by atoms with E-state index in [1.165, 1.54) is 5.56 Å². The molecule has 1 N–H and O–H groups in total. The summed E-state index contributed by atoms with van der Waals surface area (Å²) in [4.78, 5) is 15.6. The number of alkyl halides is 1. The average Bonchev–Trinajstić information content (AvgIpc) is 2.94. The maximum Gasteiger partial charge on any atom is 0.181 e. The number of halogens is 1. The fraction of sp³-hybridized carbons (Fsp3) is 0.154. The van der Waals surface area contributed by atoms with Gasteiger partial charge in [-0.1, -0.05) is 36.0 Å². The molecule has 0 atom stereocenters. The molecule has 19 heavy (non-hydrogen) atoms. The molecule has 3 aromatic rings. The number of benzene rings is 1. The molecule has 3 rings (SSSR count).